The minimum absolute atomic E-state index is 0.00492. The average Bonchev–Trinajstić information content (AvgIpc) is 2.83. The molecule has 0 N–H and O–H groups in total. The van der Waals surface area contributed by atoms with Gasteiger partial charge in [0.25, 0.3) is 11.4 Å². The lowest BCUT2D eigenvalue weighted by Gasteiger charge is -2.14. The van der Waals surface area contributed by atoms with E-state index in [2.05, 4.69) is 22.0 Å². The van der Waals surface area contributed by atoms with Crippen molar-refractivity contribution in [1.29, 1.82) is 5.26 Å². The molecule has 34 heavy (non-hydrogen) atoms. The zero-order chi connectivity index (χ0) is 24.7. The van der Waals surface area contributed by atoms with E-state index >= 15 is 0 Å². The summed E-state index contributed by atoms with van der Waals surface area (Å²) in [6, 6.07) is 17.4. The number of non-ortho nitro benzene ring substituents is 2. The number of nitro benzene ring substituents is 2. The Labute approximate surface area is 203 Å². The fourth-order valence-electron chi connectivity index (χ4n) is 3.04. The number of hydrogen-bond acceptors (Lipinski definition) is 7. The van der Waals surface area contributed by atoms with Crippen molar-refractivity contribution in [3.8, 4) is 17.6 Å². The second-order valence-electron chi connectivity index (χ2n) is 6.94. The Bertz CT molecular complexity index is 1300. The highest BCUT2D eigenvalue weighted by Gasteiger charge is 2.14. The van der Waals surface area contributed by atoms with Crippen LogP contribution in [-0.4, -0.2) is 16.5 Å². The molecule has 0 heterocycles. The van der Waals surface area contributed by atoms with E-state index in [9.17, 15) is 25.5 Å². The first-order chi connectivity index (χ1) is 16.3. The van der Waals surface area contributed by atoms with Crippen LogP contribution in [0.1, 0.15) is 23.6 Å². The number of hydrogen-bond donors (Lipinski definition) is 0. The first-order valence-electron chi connectivity index (χ1n) is 10.0. The van der Waals surface area contributed by atoms with Gasteiger partial charge in [0.05, 0.1) is 28.1 Å². The molecule has 0 aliphatic heterocycles. The van der Waals surface area contributed by atoms with Crippen LogP contribution in [0, 0.1) is 31.6 Å². The van der Waals surface area contributed by atoms with Crippen molar-refractivity contribution in [3.05, 3.63) is 102 Å². The molecule has 0 amide bonds. The number of ether oxygens (including phenoxy) is 2. The molecule has 0 aromatic heterocycles. The van der Waals surface area contributed by atoms with E-state index in [1.54, 1.807) is 36.4 Å². The Hall–Kier alpha value is -4.23. The lowest BCUT2D eigenvalue weighted by atomic mass is 10.0. The molecular weight excluding hydrogens is 506 g/mol. The zero-order valence-electron chi connectivity index (χ0n) is 17.9. The highest BCUT2D eigenvalue weighted by atomic mass is 79.9. The van der Waals surface area contributed by atoms with Crippen LogP contribution >= 0.6 is 15.9 Å². The number of halogens is 1. The van der Waals surface area contributed by atoms with Gasteiger partial charge in [-0.1, -0.05) is 28.1 Å². The maximum Gasteiger partial charge on any atom is 0.270 e. The van der Waals surface area contributed by atoms with E-state index in [0.29, 0.717) is 33.7 Å². The van der Waals surface area contributed by atoms with E-state index in [-0.39, 0.29) is 23.6 Å². The summed E-state index contributed by atoms with van der Waals surface area (Å²) in [5.74, 6) is 0.883. The minimum atomic E-state index is -0.515. The Morgan fingerprint density at radius 2 is 1.68 bits per heavy atom. The molecule has 0 radical (unpaired) electrons. The number of nitro groups is 2. The fourth-order valence-corrected chi connectivity index (χ4v) is 3.48. The second-order valence-corrected chi connectivity index (χ2v) is 7.80. The van der Waals surface area contributed by atoms with E-state index in [1.165, 1.54) is 30.3 Å². The summed E-state index contributed by atoms with van der Waals surface area (Å²) >= 11 is 3.48. The van der Waals surface area contributed by atoms with Crippen LogP contribution in [0.2, 0.25) is 0 Å². The van der Waals surface area contributed by atoms with E-state index in [0.717, 1.165) is 5.56 Å². The van der Waals surface area contributed by atoms with Gasteiger partial charge >= 0.3 is 0 Å². The molecule has 0 fully saturated rings. The first kappa shape index (κ1) is 24.4. The summed E-state index contributed by atoms with van der Waals surface area (Å²) in [7, 11) is 0. The maximum absolute atomic E-state index is 11.1. The van der Waals surface area contributed by atoms with Gasteiger partial charge in [-0.25, -0.2) is 0 Å². The predicted octanol–water partition coefficient (Wildman–Crippen LogP) is 6.31. The van der Waals surface area contributed by atoms with Crippen LogP contribution < -0.4 is 9.47 Å². The molecule has 10 heteroatoms. The van der Waals surface area contributed by atoms with Crippen LogP contribution in [0.15, 0.2) is 65.1 Å². The topological polar surface area (TPSA) is 129 Å². The molecule has 0 saturated carbocycles. The third-order valence-electron chi connectivity index (χ3n) is 4.69. The molecule has 172 valence electrons. The molecule has 3 aromatic rings. The van der Waals surface area contributed by atoms with Gasteiger partial charge in [-0.05, 0) is 54.0 Å². The highest BCUT2D eigenvalue weighted by Crippen LogP contribution is 2.36. The maximum atomic E-state index is 11.1. The van der Waals surface area contributed by atoms with Crippen molar-refractivity contribution in [2.45, 2.75) is 13.5 Å². The monoisotopic (exact) mass is 523 g/mol. The summed E-state index contributed by atoms with van der Waals surface area (Å²) in [4.78, 5) is 20.9. The summed E-state index contributed by atoms with van der Waals surface area (Å²) in [6.45, 7) is 2.35. The van der Waals surface area contributed by atoms with E-state index in [4.69, 9.17) is 9.47 Å². The Balaban J connectivity index is 1.90. The fraction of sp³-hybridized carbons (Fsp3) is 0.125. The van der Waals surface area contributed by atoms with Crippen molar-refractivity contribution in [2.24, 2.45) is 0 Å². The minimum Gasteiger partial charge on any atom is -0.490 e. The molecule has 0 aliphatic rings. The molecule has 3 rings (SSSR count). The largest absolute Gasteiger partial charge is 0.490 e. The van der Waals surface area contributed by atoms with Crippen LogP contribution in [0.5, 0.6) is 11.5 Å². The van der Waals surface area contributed by atoms with Crippen molar-refractivity contribution in [2.75, 3.05) is 6.61 Å². The Kier molecular flexibility index (Phi) is 7.95. The smallest absolute Gasteiger partial charge is 0.270 e. The standard InChI is InChI=1S/C24H18BrN3O6/c1-2-33-23-12-18(10-19(14-26)17-4-3-5-21(11-17)28(31)32)22(25)13-24(23)34-15-16-6-8-20(9-7-16)27(29)30/h3-13H,2,15H2,1H3/b19-10-. The van der Waals surface area contributed by atoms with Gasteiger partial charge in [-0.2, -0.15) is 5.26 Å². The van der Waals surface area contributed by atoms with Gasteiger partial charge in [0.15, 0.2) is 11.5 Å². The summed E-state index contributed by atoms with van der Waals surface area (Å²) in [6.07, 6.45) is 1.60. The first-order valence-corrected chi connectivity index (χ1v) is 10.8. The average molecular weight is 524 g/mol. The van der Waals surface area contributed by atoms with Crippen molar-refractivity contribution in [3.63, 3.8) is 0 Å². The van der Waals surface area contributed by atoms with Crippen LogP contribution in [0.4, 0.5) is 11.4 Å². The number of nitrogens with zero attached hydrogens (tertiary/aromatic N) is 3. The third-order valence-corrected chi connectivity index (χ3v) is 5.38. The molecule has 3 aromatic carbocycles. The van der Waals surface area contributed by atoms with Crippen LogP contribution in [0.25, 0.3) is 11.6 Å². The molecule has 0 bridgehead atoms. The molecule has 0 atom stereocenters. The normalized spacial score (nSPS) is 10.9. The van der Waals surface area contributed by atoms with Crippen LogP contribution in [-0.2, 0) is 6.61 Å². The van der Waals surface area contributed by atoms with Crippen molar-refractivity contribution in [1.82, 2.24) is 0 Å². The van der Waals surface area contributed by atoms with Gasteiger partial charge < -0.3 is 9.47 Å². The Morgan fingerprint density at radius 3 is 2.29 bits per heavy atom. The molecule has 0 spiro atoms. The highest BCUT2D eigenvalue weighted by molar-refractivity contribution is 9.10. The molecular formula is C24H18BrN3O6. The summed E-state index contributed by atoms with van der Waals surface area (Å²) < 4.78 is 12.2. The molecule has 0 saturated heterocycles. The van der Waals surface area contributed by atoms with Gasteiger partial charge in [0.2, 0.25) is 0 Å². The van der Waals surface area contributed by atoms with Crippen molar-refractivity contribution >= 4 is 39.0 Å². The number of benzene rings is 3. The van der Waals surface area contributed by atoms with E-state index in [1.807, 2.05) is 6.92 Å². The lowest BCUT2D eigenvalue weighted by Crippen LogP contribution is -2.01. The van der Waals surface area contributed by atoms with Crippen LogP contribution in [0.3, 0.4) is 0 Å². The predicted molar refractivity (Wildman–Crippen MR) is 129 cm³/mol. The van der Waals surface area contributed by atoms with Crippen molar-refractivity contribution < 1.29 is 19.3 Å². The molecule has 0 unspecified atom stereocenters. The number of nitriles is 1. The lowest BCUT2D eigenvalue weighted by molar-refractivity contribution is -0.385. The van der Waals surface area contributed by atoms with Gasteiger partial charge in [0, 0.05) is 28.7 Å². The SMILES string of the molecule is CCOc1cc(/C=C(/C#N)c2cccc([N+](=O)[O-])c2)c(Br)cc1OCc1ccc([N+](=O)[O-])cc1. The molecule has 0 aliphatic carbocycles. The van der Waals surface area contributed by atoms with Gasteiger partial charge in [-0.3, -0.25) is 20.2 Å². The zero-order valence-corrected chi connectivity index (χ0v) is 19.5. The third kappa shape index (κ3) is 5.96. The Morgan fingerprint density at radius 1 is 1.00 bits per heavy atom. The molecule has 9 nitrogen and oxygen atoms in total. The summed E-state index contributed by atoms with van der Waals surface area (Å²) in [5.41, 5.74) is 1.91. The number of rotatable bonds is 9. The summed E-state index contributed by atoms with van der Waals surface area (Å²) in [5, 5.41) is 31.5. The van der Waals surface area contributed by atoms with Gasteiger partial charge in [-0.15, -0.1) is 0 Å². The van der Waals surface area contributed by atoms with E-state index < -0.39 is 9.85 Å². The second kappa shape index (κ2) is 11.1. The van der Waals surface area contributed by atoms with Gasteiger partial charge in [0.1, 0.15) is 6.61 Å². The quantitative estimate of drug-likeness (QED) is 0.139. The number of allylic oxidation sites excluding steroid dienone is 1.